The number of likely N-dealkylation sites (tertiary alicyclic amines) is 1. The van der Waals surface area contributed by atoms with E-state index in [1.54, 1.807) is 30.6 Å². The molecule has 28 heavy (non-hydrogen) atoms. The molecule has 0 radical (unpaired) electrons. The molecule has 8 nitrogen and oxygen atoms in total. The first kappa shape index (κ1) is 18.8. The van der Waals surface area contributed by atoms with Gasteiger partial charge in [0.15, 0.2) is 0 Å². The van der Waals surface area contributed by atoms with Gasteiger partial charge in [0, 0.05) is 31.1 Å². The Kier molecular flexibility index (Phi) is 5.50. The van der Waals surface area contributed by atoms with Gasteiger partial charge in [-0.2, -0.15) is 0 Å². The molecule has 2 aromatic rings. The van der Waals surface area contributed by atoms with Gasteiger partial charge >= 0.3 is 0 Å². The Bertz CT molecular complexity index is 842. The van der Waals surface area contributed by atoms with Crippen molar-refractivity contribution >= 4 is 29.1 Å². The number of nitrogens with one attached hydrogen (secondary N) is 1. The Labute approximate surface area is 168 Å². The molecule has 0 bridgehead atoms. The van der Waals surface area contributed by atoms with Crippen molar-refractivity contribution in [3.05, 3.63) is 41.2 Å². The third-order valence-electron chi connectivity index (χ3n) is 4.87. The minimum absolute atomic E-state index is 0.0209. The number of benzene rings is 1. The molecule has 148 valence electrons. The molecule has 2 fully saturated rings. The van der Waals surface area contributed by atoms with Gasteiger partial charge in [-0.05, 0) is 24.6 Å². The maximum Gasteiger partial charge on any atom is 0.254 e. The number of nitrogens with zero attached hydrogens (tertiary/aromatic N) is 3. The van der Waals surface area contributed by atoms with Crippen molar-refractivity contribution in [3.8, 4) is 5.75 Å². The van der Waals surface area contributed by atoms with E-state index < -0.39 is 0 Å². The van der Waals surface area contributed by atoms with Crippen molar-refractivity contribution < 1.29 is 14.3 Å². The van der Waals surface area contributed by atoms with Crippen LogP contribution >= 0.6 is 11.6 Å². The molecule has 1 aromatic heterocycles. The molecule has 3 heterocycles. The Morgan fingerprint density at radius 2 is 2.14 bits per heavy atom. The lowest BCUT2D eigenvalue weighted by atomic mass is 10.1. The van der Waals surface area contributed by atoms with E-state index in [0.717, 1.165) is 12.8 Å². The van der Waals surface area contributed by atoms with Crippen molar-refractivity contribution in [2.24, 2.45) is 0 Å². The first-order chi connectivity index (χ1) is 13.6. The van der Waals surface area contributed by atoms with Gasteiger partial charge in [0.2, 0.25) is 5.95 Å². The number of nitrogen functional groups attached to an aromatic ring is 1. The summed E-state index contributed by atoms with van der Waals surface area (Å²) in [4.78, 5) is 23.0. The molecular formula is C19H22ClN5O3. The third-order valence-corrected chi connectivity index (χ3v) is 5.07. The first-order valence-electron chi connectivity index (χ1n) is 9.26. The Hall–Kier alpha value is -2.58. The van der Waals surface area contributed by atoms with Crippen molar-refractivity contribution in [2.45, 2.75) is 25.0 Å². The van der Waals surface area contributed by atoms with Crippen LogP contribution in [0.15, 0.2) is 30.6 Å². The largest absolute Gasteiger partial charge is 0.486 e. The maximum atomic E-state index is 12.9. The molecule has 2 aliphatic heterocycles. The summed E-state index contributed by atoms with van der Waals surface area (Å²) in [5.41, 5.74) is 7.10. The van der Waals surface area contributed by atoms with Crippen LogP contribution in [0, 0.1) is 0 Å². The van der Waals surface area contributed by atoms with Gasteiger partial charge in [0.25, 0.3) is 5.91 Å². The highest BCUT2D eigenvalue weighted by Crippen LogP contribution is 2.27. The summed E-state index contributed by atoms with van der Waals surface area (Å²) in [5, 5.41) is 3.73. The van der Waals surface area contributed by atoms with Crippen LogP contribution in [0.25, 0.3) is 0 Å². The highest BCUT2D eigenvalue weighted by atomic mass is 35.5. The zero-order chi connectivity index (χ0) is 19.5. The molecule has 0 saturated carbocycles. The molecule has 1 aromatic carbocycles. The molecule has 2 saturated heterocycles. The average Bonchev–Trinajstić information content (AvgIpc) is 3.37. The lowest BCUT2D eigenvalue weighted by Gasteiger charge is -2.19. The van der Waals surface area contributed by atoms with Gasteiger partial charge in [0.05, 0.1) is 36.3 Å². The SMILES string of the molecule is Nc1ccc(C(=O)N2CC[C@@H](Nc3ncc(Cl)cn3)C2)cc1OC1CCOC1. The molecular weight excluding hydrogens is 382 g/mol. The van der Waals surface area contributed by atoms with E-state index in [-0.39, 0.29) is 18.1 Å². The highest BCUT2D eigenvalue weighted by Gasteiger charge is 2.28. The van der Waals surface area contributed by atoms with Crippen molar-refractivity contribution in [2.75, 3.05) is 37.4 Å². The summed E-state index contributed by atoms with van der Waals surface area (Å²) in [6.07, 6.45) is 4.70. The minimum Gasteiger partial charge on any atom is -0.486 e. The number of anilines is 2. The van der Waals surface area contributed by atoms with E-state index in [9.17, 15) is 4.79 Å². The van der Waals surface area contributed by atoms with E-state index >= 15 is 0 Å². The van der Waals surface area contributed by atoms with Crippen LogP contribution in [-0.4, -0.2) is 59.2 Å². The smallest absolute Gasteiger partial charge is 0.254 e. The second kappa shape index (κ2) is 8.20. The fraction of sp³-hybridized carbons (Fsp3) is 0.421. The zero-order valence-electron chi connectivity index (χ0n) is 15.3. The van der Waals surface area contributed by atoms with Crippen LogP contribution in [0.4, 0.5) is 11.6 Å². The van der Waals surface area contributed by atoms with E-state index in [2.05, 4.69) is 15.3 Å². The van der Waals surface area contributed by atoms with Crippen LogP contribution in [0.3, 0.4) is 0 Å². The van der Waals surface area contributed by atoms with Crippen molar-refractivity contribution in [3.63, 3.8) is 0 Å². The van der Waals surface area contributed by atoms with Gasteiger partial charge in [-0.1, -0.05) is 11.6 Å². The van der Waals surface area contributed by atoms with E-state index in [0.29, 0.717) is 54.3 Å². The summed E-state index contributed by atoms with van der Waals surface area (Å²) < 4.78 is 11.2. The molecule has 0 aliphatic carbocycles. The molecule has 1 amide bonds. The number of rotatable bonds is 5. The number of ether oxygens (including phenoxy) is 2. The van der Waals surface area contributed by atoms with E-state index in [4.69, 9.17) is 26.8 Å². The van der Waals surface area contributed by atoms with Gasteiger partial charge in [-0.25, -0.2) is 9.97 Å². The average molecular weight is 404 g/mol. The number of aromatic nitrogens is 2. The van der Waals surface area contributed by atoms with E-state index in [1.165, 1.54) is 0 Å². The number of carbonyl (C=O) groups excluding carboxylic acids is 1. The van der Waals surface area contributed by atoms with E-state index in [1.807, 2.05) is 4.90 Å². The fourth-order valence-corrected chi connectivity index (χ4v) is 3.47. The Morgan fingerprint density at radius 1 is 1.32 bits per heavy atom. The second-order valence-electron chi connectivity index (χ2n) is 6.96. The number of halogens is 1. The van der Waals surface area contributed by atoms with Gasteiger partial charge in [-0.3, -0.25) is 4.79 Å². The van der Waals surface area contributed by atoms with Crippen LogP contribution in [0.1, 0.15) is 23.2 Å². The highest BCUT2D eigenvalue weighted by molar-refractivity contribution is 6.30. The number of nitrogens with two attached hydrogens (primary N) is 1. The summed E-state index contributed by atoms with van der Waals surface area (Å²) in [6.45, 7) is 2.45. The number of carbonyl (C=O) groups is 1. The third kappa shape index (κ3) is 4.28. The normalized spacial score (nSPS) is 21.7. The molecule has 2 aliphatic rings. The fourth-order valence-electron chi connectivity index (χ4n) is 3.37. The molecule has 2 atom stereocenters. The summed E-state index contributed by atoms with van der Waals surface area (Å²) in [6, 6.07) is 5.26. The van der Waals surface area contributed by atoms with Crippen molar-refractivity contribution in [1.29, 1.82) is 0 Å². The topological polar surface area (TPSA) is 103 Å². The second-order valence-corrected chi connectivity index (χ2v) is 7.40. The molecule has 0 spiro atoms. The zero-order valence-corrected chi connectivity index (χ0v) is 16.1. The van der Waals surface area contributed by atoms with Gasteiger partial charge in [0.1, 0.15) is 11.9 Å². The Morgan fingerprint density at radius 3 is 2.89 bits per heavy atom. The van der Waals surface area contributed by atoms with Crippen LogP contribution < -0.4 is 15.8 Å². The standard InChI is InChI=1S/C19H22ClN5O3/c20-13-8-22-19(23-9-13)24-14-3-5-25(10-14)18(26)12-1-2-16(21)17(7-12)28-15-4-6-27-11-15/h1-2,7-9,14-15H,3-6,10-11,21H2,(H,22,23,24)/t14-,15?/m1/s1. The monoisotopic (exact) mass is 403 g/mol. The van der Waals surface area contributed by atoms with Gasteiger partial charge < -0.3 is 25.4 Å². The van der Waals surface area contributed by atoms with Crippen LogP contribution in [0.5, 0.6) is 5.75 Å². The Balaban J connectivity index is 1.39. The number of hydrogen-bond donors (Lipinski definition) is 2. The minimum atomic E-state index is -0.0474. The quantitative estimate of drug-likeness (QED) is 0.737. The number of amides is 1. The summed E-state index contributed by atoms with van der Waals surface area (Å²) in [5.74, 6) is 0.990. The summed E-state index contributed by atoms with van der Waals surface area (Å²) >= 11 is 5.81. The van der Waals surface area contributed by atoms with Crippen LogP contribution in [-0.2, 0) is 4.74 Å². The molecule has 4 rings (SSSR count). The molecule has 3 N–H and O–H groups in total. The molecule has 9 heteroatoms. The van der Waals surface area contributed by atoms with Crippen LogP contribution in [0.2, 0.25) is 5.02 Å². The first-order valence-corrected chi connectivity index (χ1v) is 9.63. The van der Waals surface area contributed by atoms with Crippen molar-refractivity contribution in [1.82, 2.24) is 14.9 Å². The lowest BCUT2D eigenvalue weighted by Crippen LogP contribution is -2.32. The molecule has 1 unspecified atom stereocenters. The lowest BCUT2D eigenvalue weighted by molar-refractivity contribution is 0.0790. The maximum absolute atomic E-state index is 12.9. The number of hydrogen-bond acceptors (Lipinski definition) is 7. The van der Waals surface area contributed by atoms with Gasteiger partial charge in [-0.15, -0.1) is 0 Å². The predicted octanol–water partition coefficient (Wildman–Crippen LogP) is 2.21. The summed E-state index contributed by atoms with van der Waals surface area (Å²) in [7, 11) is 0. The predicted molar refractivity (Wildman–Crippen MR) is 106 cm³/mol.